The van der Waals surface area contributed by atoms with E-state index in [4.69, 9.17) is 5.73 Å². The molecule has 86 valence electrons. The van der Waals surface area contributed by atoms with Gasteiger partial charge in [0.1, 0.15) is 0 Å². The van der Waals surface area contributed by atoms with Gasteiger partial charge < -0.3 is 5.73 Å². The van der Waals surface area contributed by atoms with Crippen molar-refractivity contribution in [1.82, 2.24) is 9.38 Å². The van der Waals surface area contributed by atoms with Gasteiger partial charge in [-0.1, -0.05) is 29.8 Å². The maximum Gasteiger partial charge on any atom is 0.194 e. The number of hydrogen-bond acceptors (Lipinski definition) is 3. The molecule has 4 heteroatoms. The first-order valence-electron chi connectivity index (χ1n) is 5.50. The van der Waals surface area contributed by atoms with Crippen LogP contribution in [0.1, 0.15) is 11.3 Å². The van der Waals surface area contributed by atoms with Crippen LogP contribution in [0.5, 0.6) is 0 Å². The average Bonchev–Trinajstić information content (AvgIpc) is 2.89. The van der Waals surface area contributed by atoms with Gasteiger partial charge in [-0.15, -0.1) is 11.3 Å². The molecule has 0 aliphatic heterocycles. The fourth-order valence-electron chi connectivity index (χ4n) is 1.86. The second kappa shape index (κ2) is 3.98. The molecule has 1 aromatic carbocycles. The molecule has 2 heterocycles. The van der Waals surface area contributed by atoms with Gasteiger partial charge in [0.05, 0.1) is 11.4 Å². The zero-order chi connectivity index (χ0) is 11.8. The summed E-state index contributed by atoms with van der Waals surface area (Å²) in [5.41, 5.74) is 10.2. The third-order valence-corrected chi connectivity index (χ3v) is 3.66. The Balaban J connectivity index is 2.16. The normalized spacial score (nSPS) is 11.2. The molecule has 0 bridgehead atoms. The number of hydrogen-bond donors (Lipinski definition) is 1. The number of imidazole rings is 1. The van der Waals surface area contributed by atoms with Gasteiger partial charge in [0.2, 0.25) is 0 Å². The number of aromatic nitrogens is 2. The summed E-state index contributed by atoms with van der Waals surface area (Å²) < 4.78 is 2.11. The molecule has 0 radical (unpaired) electrons. The first kappa shape index (κ1) is 10.5. The van der Waals surface area contributed by atoms with Crippen molar-refractivity contribution in [3.8, 4) is 11.3 Å². The highest BCUT2D eigenvalue weighted by molar-refractivity contribution is 7.15. The summed E-state index contributed by atoms with van der Waals surface area (Å²) in [6.45, 7) is 2.58. The Labute approximate surface area is 104 Å². The number of fused-ring (bicyclic) bond motifs is 1. The summed E-state index contributed by atoms with van der Waals surface area (Å²) in [6, 6.07) is 8.52. The first-order valence-corrected chi connectivity index (χ1v) is 6.38. The largest absolute Gasteiger partial charge is 0.325 e. The van der Waals surface area contributed by atoms with Crippen molar-refractivity contribution >= 4 is 16.3 Å². The number of benzene rings is 1. The summed E-state index contributed by atoms with van der Waals surface area (Å²) in [5.74, 6) is 0. The van der Waals surface area contributed by atoms with E-state index >= 15 is 0 Å². The number of rotatable bonds is 2. The van der Waals surface area contributed by atoms with E-state index in [2.05, 4.69) is 46.0 Å². The molecule has 3 nitrogen and oxygen atoms in total. The van der Waals surface area contributed by atoms with Crippen LogP contribution in [0, 0.1) is 6.92 Å². The monoisotopic (exact) mass is 243 g/mol. The molecule has 0 aliphatic carbocycles. The van der Waals surface area contributed by atoms with Gasteiger partial charge in [-0.05, 0) is 12.5 Å². The van der Waals surface area contributed by atoms with Crippen LogP contribution in [0.25, 0.3) is 16.2 Å². The highest BCUT2D eigenvalue weighted by Crippen LogP contribution is 2.26. The van der Waals surface area contributed by atoms with Crippen LogP contribution in [-0.2, 0) is 6.54 Å². The van der Waals surface area contributed by atoms with E-state index in [9.17, 15) is 0 Å². The molecule has 3 aromatic rings. The van der Waals surface area contributed by atoms with Crippen molar-refractivity contribution in [2.75, 3.05) is 0 Å². The van der Waals surface area contributed by atoms with Crippen LogP contribution in [0.4, 0.5) is 0 Å². The average molecular weight is 243 g/mol. The van der Waals surface area contributed by atoms with E-state index in [1.54, 1.807) is 11.3 Å². The molecular formula is C13H13N3S. The molecule has 2 aromatic heterocycles. The Morgan fingerprint density at radius 1 is 1.29 bits per heavy atom. The van der Waals surface area contributed by atoms with Crippen molar-refractivity contribution in [1.29, 1.82) is 0 Å². The van der Waals surface area contributed by atoms with Crippen LogP contribution in [0.3, 0.4) is 0 Å². The van der Waals surface area contributed by atoms with Crippen LogP contribution in [-0.4, -0.2) is 9.38 Å². The van der Waals surface area contributed by atoms with Crippen molar-refractivity contribution in [2.24, 2.45) is 5.73 Å². The Hall–Kier alpha value is -1.65. The summed E-state index contributed by atoms with van der Waals surface area (Å²) in [6.07, 6.45) is 2.01. The minimum absolute atomic E-state index is 0.488. The standard InChI is InChI=1S/C13H13N3S/c1-9-2-4-10(5-3-9)12-8-17-13-15-11(6-14)7-16(12)13/h2-5,7-8H,6,14H2,1H3. The predicted molar refractivity (Wildman–Crippen MR) is 71.1 cm³/mol. The Morgan fingerprint density at radius 2 is 2.06 bits per heavy atom. The van der Waals surface area contributed by atoms with E-state index < -0.39 is 0 Å². The van der Waals surface area contributed by atoms with E-state index in [1.807, 2.05) is 6.20 Å². The van der Waals surface area contributed by atoms with Crippen LogP contribution < -0.4 is 5.73 Å². The predicted octanol–water partition coefficient (Wildman–Crippen LogP) is 2.83. The number of aryl methyl sites for hydroxylation is 1. The summed E-state index contributed by atoms with van der Waals surface area (Å²) in [7, 11) is 0. The van der Waals surface area contributed by atoms with E-state index in [-0.39, 0.29) is 0 Å². The number of nitrogens with zero attached hydrogens (tertiary/aromatic N) is 2. The molecule has 0 atom stereocenters. The smallest absolute Gasteiger partial charge is 0.194 e. The van der Waals surface area contributed by atoms with Crippen LogP contribution in [0.15, 0.2) is 35.8 Å². The maximum atomic E-state index is 5.61. The number of thiazole rings is 1. The van der Waals surface area contributed by atoms with Gasteiger partial charge in [-0.25, -0.2) is 4.98 Å². The molecule has 0 aliphatic rings. The Morgan fingerprint density at radius 3 is 2.76 bits per heavy atom. The molecule has 2 N–H and O–H groups in total. The Bertz CT molecular complexity index is 649. The first-order chi connectivity index (χ1) is 8.28. The van der Waals surface area contributed by atoms with E-state index in [0.717, 1.165) is 10.7 Å². The molecule has 0 spiro atoms. The minimum Gasteiger partial charge on any atom is -0.325 e. The van der Waals surface area contributed by atoms with E-state index in [1.165, 1.54) is 16.8 Å². The highest BCUT2D eigenvalue weighted by atomic mass is 32.1. The lowest BCUT2D eigenvalue weighted by atomic mass is 10.1. The quantitative estimate of drug-likeness (QED) is 0.752. The van der Waals surface area contributed by atoms with Crippen molar-refractivity contribution in [3.05, 3.63) is 47.1 Å². The van der Waals surface area contributed by atoms with Gasteiger partial charge in [-0.3, -0.25) is 4.40 Å². The molecule has 0 unspecified atom stereocenters. The summed E-state index contributed by atoms with van der Waals surface area (Å²) in [4.78, 5) is 5.45. The van der Waals surface area contributed by atoms with Gasteiger partial charge in [0, 0.05) is 18.1 Å². The van der Waals surface area contributed by atoms with Crippen LogP contribution >= 0.6 is 11.3 Å². The highest BCUT2D eigenvalue weighted by Gasteiger charge is 2.08. The lowest BCUT2D eigenvalue weighted by Crippen LogP contribution is -1.95. The molecule has 3 rings (SSSR count). The topological polar surface area (TPSA) is 43.3 Å². The molecule has 17 heavy (non-hydrogen) atoms. The fourth-order valence-corrected chi connectivity index (χ4v) is 2.76. The summed E-state index contributed by atoms with van der Waals surface area (Å²) in [5, 5.41) is 2.13. The molecule has 0 saturated carbocycles. The second-order valence-electron chi connectivity index (χ2n) is 4.08. The van der Waals surface area contributed by atoms with Crippen molar-refractivity contribution in [3.63, 3.8) is 0 Å². The molecular weight excluding hydrogens is 230 g/mol. The molecule has 0 saturated heterocycles. The minimum atomic E-state index is 0.488. The fraction of sp³-hybridized carbons (Fsp3) is 0.154. The van der Waals surface area contributed by atoms with E-state index in [0.29, 0.717) is 6.54 Å². The van der Waals surface area contributed by atoms with Crippen molar-refractivity contribution in [2.45, 2.75) is 13.5 Å². The van der Waals surface area contributed by atoms with Crippen LogP contribution in [0.2, 0.25) is 0 Å². The van der Waals surface area contributed by atoms with Crippen molar-refractivity contribution < 1.29 is 0 Å². The van der Waals surface area contributed by atoms with Gasteiger partial charge >= 0.3 is 0 Å². The molecule has 0 fully saturated rings. The third kappa shape index (κ3) is 1.75. The lowest BCUT2D eigenvalue weighted by molar-refractivity contribution is 1.02. The Kier molecular flexibility index (Phi) is 2.46. The summed E-state index contributed by atoms with van der Waals surface area (Å²) >= 11 is 1.65. The lowest BCUT2D eigenvalue weighted by Gasteiger charge is -2.00. The maximum absolute atomic E-state index is 5.61. The van der Waals surface area contributed by atoms with Gasteiger partial charge in [0.25, 0.3) is 0 Å². The van der Waals surface area contributed by atoms with Gasteiger partial charge in [-0.2, -0.15) is 0 Å². The molecule has 0 amide bonds. The SMILES string of the molecule is Cc1ccc(-c2csc3nc(CN)cn23)cc1. The second-order valence-corrected chi connectivity index (χ2v) is 4.91. The van der Waals surface area contributed by atoms with Gasteiger partial charge in [0.15, 0.2) is 4.96 Å². The zero-order valence-electron chi connectivity index (χ0n) is 9.55. The zero-order valence-corrected chi connectivity index (χ0v) is 10.4. The third-order valence-electron chi connectivity index (χ3n) is 2.82. The number of nitrogens with two attached hydrogens (primary N) is 1.